The Bertz CT molecular complexity index is 290. The van der Waals surface area contributed by atoms with Gasteiger partial charge >= 0.3 is 5.97 Å². The third-order valence-corrected chi connectivity index (χ3v) is 3.63. The highest BCUT2D eigenvalue weighted by Gasteiger charge is 2.13. The monoisotopic (exact) mass is 339 g/mol. The van der Waals surface area contributed by atoms with E-state index in [1.54, 1.807) is 11.3 Å². The van der Waals surface area contributed by atoms with Crippen molar-refractivity contribution in [1.82, 2.24) is 5.32 Å². The number of methoxy groups -OCH3 is 1. The van der Waals surface area contributed by atoms with Crippen molar-refractivity contribution in [2.45, 2.75) is 10.3 Å². The van der Waals surface area contributed by atoms with E-state index < -0.39 is 0 Å². The molecule has 1 unspecified atom stereocenters. The number of esters is 1. The zero-order valence-corrected chi connectivity index (χ0v) is 11.5. The summed E-state index contributed by atoms with van der Waals surface area (Å²) >= 11 is 3.79. The van der Waals surface area contributed by atoms with Gasteiger partial charge in [0.2, 0.25) is 0 Å². The summed E-state index contributed by atoms with van der Waals surface area (Å²) < 4.78 is 4.53. The Labute approximate surface area is 107 Å². The molecule has 0 saturated heterocycles. The molecule has 1 rings (SSSR count). The number of hydrogen-bond acceptors (Lipinski definition) is 4. The minimum Gasteiger partial charge on any atom is -0.468 e. The lowest BCUT2D eigenvalue weighted by atomic mass is 10.2. The van der Waals surface area contributed by atoms with E-state index in [4.69, 9.17) is 0 Å². The zero-order valence-electron chi connectivity index (χ0n) is 8.53. The van der Waals surface area contributed by atoms with E-state index in [9.17, 15) is 4.79 Å². The first-order valence-corrected chi connectivity index (χ1v) is 6.86. The molecule has 5 heteroatoms. The first-order valence-electron chi connectivity index (χ1n) is 4.67. The minimum absolute atomic E-state index is 0.102. The summed E-state index contributed by atoms with van der Waals surface area (Å²) in [5, 5.41) is 7.45. The molecule has 0 aromatic carbocycles. The standard InChI is InChI=1S/C10H14INO2S/c1-14-10(13)9(11)6-12-4-2-8-3-5-15-7-8/h3,5,7,9,12H,2,4,6H2,1H3. The third-order valence-electron chi connectivity index (χ3n) is 1.95. The SMILES string of the molecule is COC(=O)C(I)CNCCc1ccsc1. The second kappa shape index (κ2) is 7.19. The van der Waals surface area contributed by atoms with Crippen LogP contribution in [0.1, 0.15) is 5.56 Å². The highest BCUT2D eigenvalue weighted by Crippen LogP contribution is 2.06. The fourth-order valence-corrected chi connectivity index (χ4v) is 2.38. The Morgan fingerprint density at radius 2 is 2.53 bits per heavy atom. The molecule has 0 aliphatic carbocycles. The molecule has 1 aromatic heterocycles. The van der Waals surface area contributed by atoms with E-state index in [0.29, 0.717) is 6.54 Å². The van der Waals surface area contributed by atoms with Crippen molar-refractivity contribution >= 4 is 39.9 Å². The number of halogens is 1. The fourth-order valence-electron chi connectivity index (χ4n) is 1.11. The molecule has 0 radical (unpaired) electrons. The molecule has 0 saturated carbocycles. The average Bonchev–Trinajstić information content (AvgIpc) is 2.75. The molecular formula is C10H14INO2S. The van der Waals surface area contributed by atoms with Gasteiger partial charge in [-0.3, -0.25) is 4.79 Å². The van der Waals surface area contributed by atoms with Gasteiger partial charge in [-0.15, -0.1) is 0 Å². The molecule has 84 valence electrons. The normalized spacial score (nSPS) is 12.4. The topological polar surface area (TPSA) is 38.3 Å². The molecule has 1 N–H and O–H groups in total. The average molecular weight is 339 g/mol. The van der Waals surface area contributed by atoms with Crippen molar-refractivity contribution in [2.24, 2.45) is 0 Å². The van der Waals surface area contributed by atoms with Crippen LogP contribution in [-0.2, 0) is 16.0 Å². The van der Waals surface area contributed by atoms with Gasteiger partial charge in [-0.1, -0.05) is 22.6 Å². The van der Waals surface area contributed by atoms with Crippen LogP contribution in [0, 0.1) is 0 Å². The number of nitrogens with one attached hydrogen (secondary N) is 1. The molecule has 0 aliphatic rings. The Hall–Kier alpha value is -0.140. The zero-order chi connectivity index (χ0) is 11.1. The molecule has 1 aromatic rings. The third kappa shape index (κ3) is 4.94. The molecule has 0 aliphatic heterocycles. The van der Waals surface area contributed by atoms with Crippen LogP contribution in [-0.4, -0.2) is 30.1 Å². The fraction of sp³-hybridized carbons (Fsp3) is 0.500. The van der Waals surface area contributed by atoms with Crippen molar-refractivity contribution in [3.63, 3.8) is 0 Å². The summed E-state index contributed by atoms with van der Waals surface area (Å²) in [5.41, 5.74) is 1.34. The highest BCUT2D eigenvalue weighted by atomic mass is 127. The smallest absolute Gasteiger partial charge is 0.319 e. The molecule has 0 bridgehead atoms. The van der Waals surface area contributed by atoms with E-state index in [1.165, 1.54) is 12.7 Å². The van der Waals surface area contributed by atoms with Gasteiger partial charge in [0.15, 0.2) is 0 Å². The van der Waals surface area contributed by atoms with E-state index in [0.717, 1.165) is 13.0 Å². The lowest BCUT2D eigenvalue weighted by Crippen LogP contribution is -2.30. The summed E-state index contributed by atoms with van der Waals surface area (Å²) in [7, 11) is 1.42. The molecule has 1 heterocycles. The van der Waals surface area contributed by atoms with Crippen LogP contribution in [0.5, 0.6) is 0 Å². The van der Waals surface area contributed by atoms with Crippen LogP contribution < -0.4 is 5.32 Å². The predicted octanol–water partition coefficient (Wildman–Crippen LogP) is 1.86. The summed E-state index contributed by atoms with van der Waals surface area (Å²) in [5.74, 6) is -0.168. The molecule has 3 nitrogen and oxygen atoms in total. The number of alkyl halides is 1. The van der Waals surface area contributed by atoms with Gasteiger partial charge in [0.05, 0.1) is 7.11 Å². The number of thiophene rings is 1. The maximum absolute atomic E-state index is 11.1. The maximum Gasteiger partial charge on any atom is 0.319 e. The number of carbonyl (C=O) groups is 1. The lowest BCUT2D eigenvalue weighted by molar-refractivity contribution is -0.139. The maximum atomic E-state index is 11.1. The van der Waals surface area contributed by atoms with Gasteiger partial charge in [0.1, 0.15) is 3.92 Å². The van der Waals surface area contributed by atoms with Gasteiger partial charge < -0.3 is 10.1 Å². The largest absolute Gasteiger partial charge is 0.468 e. The summed E-state index contributed by atoms with van der Waals surface area (Å²) in [6.45, 7) is 1.56. The van der Waals surface area contributed by atoms with Gasteiger partial charge in [-0.05, 0) is 35.4 Å². The number of hydrogen-bond donors (Lipinski definition) is 1. The van der Waals surface area contributed by atoms with E-state index in [-0.39, 0.29) is 9.89 Å². The Balaban J connectivity index is 2.09. The number of rotatable bonds is 6. The van der Waals surface area contributed by atoms with Crippen LogP contribution >= 0.6 is 33.9 Å². The molecule has 0 spiro atoms. The van der Waals surface area contributed by atoms with Gasteiger partial charge in [0.25, 0.3) is 0 Å². The predicted molar refractivity (Wildman–Crippen MR) is 70.7 cm³/mol. The first-order chi connectivity index (χ1) is 7.24. The first kappa shape index (κ1) is 12.9. The van der Waals surface area contributed by atoms with Crippen molar-refractivity contribution < 1.29 is 9.53 Å². The minimum atomic E-state index is -0.168. The van der Waals surface area contributed by atoms with Crippen molar-refractivity contribution in [3.05, 3.63) is 22.4 Å². The van der Waals surface area contributed by atoms with Crippen LogP contribution in [0.25, 0.3) is 0 Å². The quantitative estimate of drug-likeness (QED) is 0.372. The Kier molecular flexibility index (Phi) is 6.19. The van der Waals surface area contributed by atoms with E-state index >= 15 is 0 Å². The van der Waals surface area contributed by atoms with Gasteiger partial charge in [0, 0.05) is 6.54 Å². The van der Waals surface area contributed by atoms with Crippen LogP contribution in [0.2, 0.25) is 0 Å². The van der Waals surface area contributed by atoms with Crippen molar-refractivity contribution in [3.8, 4) is 0 Å². The van der Waals surface area contributed by atoms with Crippen LogP contribution in [0.15, 0.2) is 16.8 Å². The van der Waals surface area contributed by atoms with Crippen LogP contribution in [0.4, 0.5) is 0 Å². The summed E-state index contributed by atoms with van der Waals surface area (Å²) in [6.07, 6.45) is 1.01. The number of carbonyl (C=O) groups excluding carboxylic acids is 1. The van der Waals surface area contributed by atoms with Gasteiger partial charge in [-0.2, -0.15) is 11.3 Å². The molecule has 1 atom stereocenters. The molecule has 0 fully saturated rings. The lowest BCUT2D eigenvalue weighted by Gasteiger charge is -2.08. The van der Waals surface area contributed by atoms with Crippen molar-refractivity contribution in [1.29, 1.82) is 0 Å². The second-order valence-corrected chi connectivity index (χ2v) is 5.36. The van der Waals surface area contributed by atoms with Crippen molar-refractivity contribution in [2.75, 3.05) is 20.2 Å². The van der Waals surface area contributed by atoms with E-state index in [1.807, 2.05) is 0 Å². The highest BCUT2D eigenvalue weighted by molar-refractivity contribution is 14.1. The Morgan fingerprint density at radius 3 is 3.13 bits per heavy atom. The molecular weight excluding hydrogens is 325 g/mol. The summed E-state index contributed by atoms with van der Waals surface area (Å²) in [4.78, 5) is 11.1. The van der Waals surface area contributed by atoms with Crippen LogP contribution in [0.3, 0.4) is 0 Å². The molecule has 0 amide bonds. The molecule has 15 heavy (non-hydrogen) atoms. The summed E-state index contributed by atoms with van der Waals surface area (Å²) in [6, 6.07) is 2.12. The van der Waals surface area contributed by atoms with E-state index in [2.05, 4.69) is 49.5 Å². The Morgan fingerprint density at radius 1 is 1.73 bits per heavy atom. The van der Waals surface area contributed by atoms with Gasteiger partial charge in [-0.25, -0.2) is 0 Å². The second-order valence-electron chi connectivity index (χ2n) is 3.08. The number of ether oxygens (including phenoxy) is 1.